The zero-order valence-electron chi connectivity index (χ0n) is 34.7. The van der Waals surface area contributed by atoms with Crippen molar-refractivity contribution in [1.82, 2.24) is 0 Å². The van der Waals surface area contributed by atoms with Crippen molar-refractivity contribution in [1.29, 1.82) is 0 Å². The number of fused-ring (bicyclic) bond motifs is 3. The third kappa shape index (κ3) is 11.0. The first kappa shape index (κ1) is 45.7. The van der Waals surface area contributed by atoms with Gasteiger partial charge in [0.2, 0.25) is 0 Å². The smallest absolute Gasteiger partial charge is 0.466 e. The number of halogens is 3. The van der Waals surface area contributed by atoms with Gasteiger partial charge in [0.15, 0.2) is 6.79 Å². The molecule has 62 heavy (non-hydrogen) atoms. The first-order valence-corrected chi connectivity index (χ1v) is 22.2. The van der Waals surface area contributed by atoms with E-state index in [0.29, 0.717) is 6.42 Å². The molecule has 0 atom stereocenters. The first-order valence-electron chi connectivity index (χ1n) is 19.2. The molecule has 0 bridgehead atoms. The summed E-state index contributed by atoms with van der Waals surface area (Å²) in [5.41, 5.74) is -6.62. The molecule has 0 fully saturated rings. The number of benzene rings is 6. The topological polar surface area (TPSA) is 133 Å². The Morgan fingerprint density at radius 3 is 1.61 bits per heavy atom. The molecule has 0 saturated carbocycles. The van der Waals surface area contributed by atoms with Crippen molar-refractivity contribution in [3.8, 4) is 17.2 Å². The Morgan fingerprint density at radius 1 is 0.597 bits per heavy atom. The van der Waals surface area contributed by atoms with E-state index in [0.717, 1.165) is 27.1 Å². The zero-order chi connectivity index (χ0) is 44.9. The van der Waals surface area contributed by atoms with Crippen LogP contribution in [0.3, 0.4) is 0 Å². The zero-order valence-corrected chi connectivity index (χ0v) is 36.3. The summed E-state index contributed by atoms with van der Waals surface area (Å²) in [4.78, 5) is 24.7. The van der Waals surface area contributed by atoms with Crippen molar-refractivity contribution in [3.05, 3.63) is 133 Å². The fourth-order valence-corrected chi connectivity index (χ4v) is 11.1. The van der Waals surface area contributed by atoms with Gasteiger partial charge in [0.1, 0.15) is 28.5 Å². The lowest BCUT2D eigenvalue weighted by molar-refractivity contribution is -0.0496. The minimum atomic E-state index is -6.37. The van der Waals surface area contributed by atoms with Crippen molar-refractivity contribution in [2.24, 2.45) is 0 Å². The van der Waals surface area contributed by atoms with E-state index in [9.17, 15) is 31.2 Å². The van der Waals surface area contributed by atoms with Crippen molar-refractivity contribution in [3.63, 3.8) is 0 Å². The van der Waals surface area contributed by atoms with Gasteiger partial charge in [-0.25, -0.2) is 9.59 Å². The van der Waals surface area contributed by atoms with E-state index in [-0.39, 0.29) is 45.3 Å². The van der Waals surface area contributed by atoms with Gasteiger partial charge in [0.25, 0.3) is 0 Å². The molecule has 0 saturated heterocycles. The lowest BCUT2D eigenvalue weighted by Gasteiger charge is -2.40. The van der Waals surface area contributed by atoms with Gasteiger partial charge in [-0.3, -0.25) is 0 Å². The molecule has 0 heterocycles. The van der Waals surface area contributed by atoms with Gasteiger partial charge in [-0.2, -0.15) is 25.2 Å². The number of alkyl halides is 3. The first-order chi connectivity index (χ1) is 29.1. The van der Waals surface area contributed by atoms with E-state index in [2.05, 4.69) is 18.2 Å². The number of para-hydroxylation sites is 1. The molecule has 0 aliphatic heterocycles. The quantitative estimate of drug-likeness (QED) is 0.0274. The Kier molecular flexibility index (Phi) is 13.5. The maximum atomic E-state index is 14.4. The molecule has 0 amide bonds. The highest BCUT2D eigenvalue weighted by molar-refractivity contribution is 8.33. The highest BCUT2D eigenvalue weighted by Gasteiger charge is 2.53. The van der Waals surface area contributed by atoms with E-state index < -0.39 is 49.4 Å². The Balaban J connectivity index is 1.38. The second-order valence-corrected chi connectivity index (χ2v) is 20.2. The minimum Gasteiger partial charge on any atom is -0.466 e. The summed E-state index contributed by atoms with van der Waals surface area (Å²) in [6.45, 7) is 9.62. The molecular weight excluding hydrogens is 850 g/mol. The average Bonchev–Trinajstić information content (AvgIpc) is 3.19. The van der Waals surface area contributed by atoms with Gasteiger partial charge >= 0.3 is 27.9 Å². The van der Waals surface area contributed by atoms with Crippen LogP contribution in [0.1, 0.15) is 47.1 Å². The predicted octanol–water partition coefficient (Wildman–Crippen LogP) is 12.3. The molecule has 0 N–H and O–H groups in total. The van der Waals surface area contributed by atoms with E-state index in [4.69, 9.17) is 32.1 Å². The molecule has 11 nitrogen and oxygen atoms in total. The molecule has 6 aromatic carbocycles. The maximum absolute atomic E-state index is 14.4. The van der Waals surface area contributed by atoms with Gasteiger partial charge in [-0.15, -0.1) is 0 Å². The monoisotopic (exact) mass is 894 g/mol. The van der Waals surface area contributed by atoms with Crippen LogP contribution in [0.15, 0.2) is 142 Å². The van der Waals surface area contributed by atoms with Crippen LogP contribution >= 0.6 is 10.3 Å². The Labute approximate surface area is 359 Å². The normalized spacial score (nSPS) is 12.8. The van der Waals surface area contributed by atoms with Gasteiger partial charge < -0.3 is 28.4 Å². The summed E-state index contributed by atoms with van der Waals surface area (Å²) in [5, 5.41) is 4.33. The SMILES string of the molecule is CC(C)(C)OC(=O)Oc1ccc(S(OS(=O)(=O)C(F)(F)F)(c2ccc(OC(=O)OC(C)(C)C)cc2)c2ccccc2OCOCCc2cc3ccccc3c3ccccc23)cc1. The predicted molar refractivity (Wildman–Crippen MR) is 228 cm³/mol. The lowest BCUT2D eigenvalue weighted by Crippen LogP contribution is -2.28. The van der Waals surface area contributed by atoms with E-state index >= 15 is 0 Å². The second-order valence-electron chi connectivity index (χ2n) is 15.8. The summed E-state index contributed by atoms with van der Waals surface area (Å²) in [6, 6.07) is 34.2. The van der Waals surface area contributed by atoms with Crippen LogP contribution in [-0.4, -0.2) is 50.8 Å². The number of hydrogen-bond donors (Lipinski definition) is 0. The van der Waals surface area contributed by atoms with Crippen LogP contribution in [0.2, 0.25) is 0 Å². The van der Waals surface area contributed by atoms with Crippen LogP contribution in [0.25, 0.3) is 21.5 Å². The van der Waals surface area contributed by atoms with Crippen LogP contribution in [0.5, 0.6) is 17.2 Å². The van der Waals surface area contributed by atoms with Gasteiger partial charge in [-0.05, 0) is 146 Å². The third-order valence-corrected chi connectivity index (χ3v) is 13.7. The Bertz CT molecular complexity index is 2580. The third-order valence-electron chi connectivity index (χ3n) is 8.79. The largest absolute Gasteiger partial charge is 0.524 e. The number of carbonyl (C=O) groups excluding carboxylic acids is 2. The van der Waals surface area contributed by atoms with Gasteiger partial charge in [-0.1, -0.05) is 66.7 Å². The minimum absolute atomic E-state index is 0.0563. The summed E-state index contributed by atoms with van der Waals surface area (Å²) < 4.78 is 108. The molecule has 0 unspecified atom stereocenters. The fourth-order valence-electron chi connectivity index (χ4n) is 6.30. The van der Waals surface area contributed by atoms with E-state index in [1.54, 1.807) is 47.6 Å². The summed E-state index contributed by atoms with van der Waals surface area (Å²) in [7, 11) is -10.4. The molecule has 0 aliphatic rings. The van der Waals surface area contributed by atoms with Crippen LogP contribution in [0, 0.1) is 0 Å². The van der Waals surface area contributed by atoms with Crippen molar-refractivity contribution < 1.29 is 63.2 Å². The lowest BCUT2D eigenvalue weighted by atomic mass is 9.96. The van der Waals surface area contributed by atoms with Crippen molar-refractivity contribution in [2.45, 2.75) is 79.4 Å². The highest BCUT2D eigenvalue weighted by Crippen LogP contribution is 2.72. The maximum Gasteiger partial charge on any atom is 0.524 e. The van der Waals surface area contributed by atoms with Crippen molar-refractivity contribution >= 4 is 54.3 Å². The van der Waals surface area contributed by atoms with Crippen molar-refractivity contribution in [2.75, 3.05) is 13.4 Å². The molecule has 0 aromatic heterocycles. The molecular formula is C46H45F3O11S2. The molecule has 0 radical (unpaired) electrons. The number of carbonyl (C=O) groups is 2. The summed E-state index contributed by atoms with van der Waals surface area (Å²) in [6.07, 6.45) is -1.60. The second kappa shape index (κ2) is 18.3. The van der Waals surface area contributed by atoms with Crippen LogP contribution < -0.4 is 14.2 Å². The average molecular weight is 895 g/mol. The molecule has 16 heteroatoms. The van der Waals surface area contributed by atoms with E-state index in [1.165, 1.54) is 66.7 Å². The highest BCUT2D eigenvalue weighted by atomic mass is 32.3. The Hall–Kier alpha value is -5.81. The van der Waals surface area contributed by atoms with E-state index in [1.807, 2.05) is 36.4 Å². The number of hydrogen-bond acceptors (Lipinski definition) is 11. The molecule has 0 spiro atoms. The van der Waals surface area contributed by atoms with Gasteiger partial charge in [0, 0.05) is 9.79 Å². The summed E-state index contributed by atoms with van der Waals surface area (Å²) >= 11 is 0. The molecule has 328 valence electrons. The Morgan fingerprint density at radius 2 is 1.08 bits per heavy atom. The van der Waals surface area contributed by atoms with Gasteiger partial charge in [0.05, 0.1) is 11.5 Å². The molecule has 6 rings (SSSR count). The van der Waals surface area contributed by atoms with Crippen LogP contribution in [0.4, 0.5) is 22.8 Å². The van der Waals surface area contributed by atoms with Crippen LogP contribution in [-0.2, 0) is 34.4 Å². The summed E-state index contributed by atoms with van der Waals surface area (Å²) in [5.74, 6) is -0.180. The number of rotatable bonds is 13. The number of ether oxygens (including phenoxy) is 6. The standard InChI is InChI=1S/C46H45F3O11S2/c1-44(2,3)58-42(50)56-33-19-23-35(24-20-33)61(60-62(52,53)46(47,48)49,36-25-21-34(22-26-36)57-43(51)59-45(4,5)6)41-18-12-11-17-40(41)55-30-54-28-27-32-29-31-13-7-8-14-37(31)39-16-10-9-15-38(32)39/h7-26,29H,27-28,30H2,1-6H3. The fraction of sp³-hybridized carbons (Fsp3) is 0.261. The molecule has 0 aliphatic carbocycles. The molecule has 6 aromatic rings.